The summed E-state index contributed by atoms with van der Waals surface area (Å²) in [5.74, 6) is 0.685. The second kappa shape index (κ2) is 7.40. The van der Waals surface area contributed by atoms with Crippen LogP contribution in [0.3, 0.4) is 0 Å². The summed E-state index contributed by atoms with van der Waals surface area (Å²) in [4.78, 5) is 11.9. The molecular formula is C15H19N5OS. The van der Waals surface area contributed by atoms with E-state index in [0.29, 0.717) is 18.2 Å². The van der Waals surface area contributed by atoms with E-state index in [9.17, 15) is 4.79 Å². The van der Waals surface area contributed by atoms with Crippen LogP contribution in [0, 0.1) is 0 Å². The number of amides is 1. The van der Waals surface area contributed by atoms with E-state index >= 15 is 0 Å². The largest absolute Gasteiger partial charge is 0.326 e. The van der Waals surface area contributed by atoms with Crippen LogP contribution in [0.2, 0.25) is 0 Å². The van der Waals surface area contributed by atoms with Gasteiger partial charge in [0.25, 0.3) is 0 Å². The summed E-state index contributed by atoms with van der Waals surface area (Å²) >= 11 is 1.55. The Bertz CT molecular complexity index is 609. The lowest BCUT2D eigenvalue weighted by Crippen LogP contribution is -2.13. The monoisotopic (exact) mass is 317 g/mol. The van der Waals surface area contributed by atoms with Gasteiger partial charge in [-0.2, -0.15) is 0 Å². The van der Waals surface area contributed by atoms with E-state index in [1.165, 1.54) is 12.8 Å². The number of anilines is 1. The molecule has 1 heterocycles. The summed E-state index contributed by atoms with van der Waals surface area (Å²) in [6.45, 7) is 0. The second-order valence-corrected chi connectivity index (χ2v) is 6.42. The van der Waals surface area contributed by atoms with Crippen LogP contribution in [0.4, 0.5) is 5.69 Å². The van der Waals surface area contributed by atoms with Crippen LogP contribution in [0.25, 0.3) is 0 Å². The zero-order valence-electron chi connectivity index (χ0n) is 12.3. The number of benzene rings is 1. The van der Waals surface area contributed by atoms with Crippen LogP contribution >= 0.6 is 11.8 Å². The molecule has 3 rings (SSSR count). The fourth-order valence-electron chi connectivity index (χ4n) is 2.64. The number of aromatic nitrogens is 4. The molecule has 22 heavy (non-hydrogen) atoms. The zero-order valence-corrected chi connectivity index (χ0v) is 13.1. The van der Waals surface area contributed by atoms with E-state index in [4.69, 9.17) is 0 Å². The van der Waals surface area contributed by atoms with E-state index in [0.717, 1.165) is 23.7 Å². The van der Waals surface area contributed by atoms with Crippen molar-refractivity contribution >= 4 is 23.4 Å². The van der Waals surface area contributed by atoms with Gasteiger partial charge in [0.15, 0.2) is 0 Å². The first-order valence-electron chi connectivity index (χ1n) is 7.58. The highest BCUT2D eigenvalue weighted by molar-refractivity contribution is 7.99. The van der Waals surface area contributed by atoms with E-state index in [-0.39, 0.29) is 5.91 Å². The summed E-state index contributed by atoms with van der Waals surface area (Å²) in [5.41, 5.74) is 0.827. The molecule has 2 aromatic rings. The molecule has 0 saturated heterocycles. The van der Waals surface area contributed by atoms with Crippen molar-refractivity contribution in [1.29, 1.82) is 0 Å². The van der Waals surface area contributed by atoms with Gasteiger partial charge in [-0.25, -0.2) is 4.68 Å². The summed E-state index contributed by atoms with van der Waals surface area (Å²) in [7, 11) is 0. The van der Waals surface area contributed by atoms with Crippen LogP contribution in [-0.4, -0.2) is 31.9 Å². The fourth-order valence-corrected chi connectivity index (χ4v) is 3.52. The van der Waals surface area contributed by atoms with Crippen LogP contribution in [0.5, 0.6) is 0 Å². The van der Waals surface area contributed by atoms with Gasteiger partial charge in [0.2, 0.25) is 11.1 Å². The smallest absolute Gasteiger partial charge is 0.225 e. The van der Waals surface area contributed by atoms with Gasteiger partial charge in [-0.1, -0.05) is 42.8 Å². The molecule has 1 fully saturated rings. The maximum absolute atomic E-state index is 11.9. The number of carbonyl (C=O) groups excluding carboxylic acids is 1. The minimum absolute atomic E-state index is 0.0126. The molecule has 116 valence electrons. The number of para-hydroxylation sites is 1. The standard InChI is InChI=1S/C15H19N5OS/c21-14(16-12-6-2-1-3-7-12)10-11-22-15-17-18-19-20(15)13-8-4-5-9-13/h1-3,6-7,13H,4-5,8-11H2,(H,16,21). The number of nitrogens with one attached hydrogen (secondary N) is 1. The third-order valence-corrected chi connectivity index (χ3v) is 4.69. The highest BCUT2D eigenvalue weighted by atomic mass is 32.2. The third kappa shape index (κ3) is 3.85. The average Bonchev–Trinajstić information content (AvgIpc) is 3.19. The summed E-state index contributed by atoms with van der Waals surface area (Å²) in [6, 6.07) is 9.92. The predicted octanol–water partition coefficient (Wildman–Crippen LogP) is 2.91. The first-order valence-corrected chi connectivity index (χ1v) is 8.57. The lowest BCUT2D eigenvalue weighted by Gasteiger charge is -2.10. The van der Waals surface area contributed by atoms with Gasteiger partial charge in [-0.15, -0.1) is 5.10 Å². The van der Waals surface area contributed by atoms with E-state index in [1.54, 1.807) is 11.8 Å². The van der Waals surface area contributed by atoms with Crippen molar-refractivity contribution in [2.24, 2.45) is 0 Å². The first kappa shape index (κ1) is 15.0. The molecule has 1 aliphatic rings. The zero-order chi connectivity index (χ0) is 15.2. The Hall–Kier alpha value is -1.89. The number of thioether (sulfide) groups is 1. The molecule has 1 aromatic carbocycles. The molecule has 0 atom stereocenters. The molecule has 0 radical (unpaired) electrons. The molecule has 1 aliphatic carbocycles. The van der Waals surface area contributed by atoms with E-state index in [1.807, 2.05) is 35.0 Å². The van der Waals surface area contributed by atoms with Crippen molar-refractivity contribution in [3.8, 4) is 0 Å². The second-order valence-electron chi connectivity index (χ2n) is 5.36. The van der Waals surface area contributed by atoms with Crippen molar-refractivity contribution in [2.45, 2.75) is 43.3 Å². The number of carbonyl (C=O) groups is 1. The maximum atomic E-state index is 11.9. The van der Waals surface area contributed by atoms with Crippen molar-refractivity contribution in [3.05, 3.63) is 30.3 Å². The van der Waals surface area contributed by atoms with Gasteiger partial charge in [0, 0.05) is 17.9 Å². The topological polar surface area (TPSA) is 72.7 Å². The average molecular weight is 317 g/mol. The quantitative estimate of drug-likeness (QED) is 0.829. The molecule has 0 aliphatic heterocycles. The molecule has 7 heteroatoms. The Morgan fingerprint density at radius 3 is 2.82 bits per heavy atom. The van der Waals surface area contributed by atoms with Crippen LogP contribution < -0.4 is 5.32 Å². The van der Waals surface area contributed by atoms with Crippen molar-refractivity contribution < 1.29 is 4.79 Å². The van der Waals surface area contributed by atoms with Crippen molar-refractivity contribution in [2.75, 3.05) is 11.1 Å². The Labute approximate surface area is 133 Å². The SMILES string of the molecule is O=C(CCSc1nnnn1C1CCCC1)Nc1ccccc1. The van der Waals surface area contributed by atoms with Gasteiger partial charge < -0.3 is 5.32 Å². The normalized spacial score (nSPS) is 15.1. The number of tetrazole rings is 1. The molecule has 6 nitrogen and oxygen atoms in total. The van der Waals surface area contributed by atoms with Crippen LogP contribution in [0.1, 0.15) is 38.1 Å². The van der Waals surface area contributed by atoms with Gasteiger partial charge in [0.05, 0.1) is 6.04 Å². The Morgan fingerprint density at radius 2 is 2.05 bits per heavy atom. The summed E-state index contributed by atoms with van der Waals surface area (Å²) in [5, 5.41) is 15.6. The Morgan fingerprint density at radius 1 is 1.27 bits per heavy atom. The molecule has 1 amide bonds. The van der Waals surface area contributed by atoms with Gasteiger partial charge >= 0.3 is 0 Å². The minimum atomic E-state index is 0.0126. The van der Waals surface area contributed by atoms with Gasteiger partial charge in [-0.05, 0) is 35.4 Å². The number of hydrogen-bond acceptors (Lipinski definition) is 5. The molecule has 1 saturated carbocycles. The highest BCUT2D eigenvalue weighted by Gasteiger charge is 2.21. The summed E-state index contributed by atoms with van der Waals surface area (Å²) < 4.78 is 1.92. The van der Waals surface area contributed by atoms with E-state index in [2.05, 4.69) is 20.8 Å². The minimum Gasteiger partial charge on any atom is -0.326 e. The number of rotatable bonds is 6. The molecule has 1 N–H and O–H groups in total. The Balaban J connectivity index is 1.47. The fraction of sp³-hybridized carbons (Fsp3) is 0.467. The number of nitrogens with zero attached hydrogens (tertiary/aromatic N) is 4. The highest BCUT2D eigenvalue weighted by Crippen LogP contribution is 2.31. The molecule has 0 unspecified atom stereocenters. The van der Waals surface area contributed by atoms with Gasteiger partial charge in [-0.3, -0.25) is 4.79 Å². The Kier molecular flexibility index (Phi) is 5.05. The van der Waals surface area contributed by atoms with Crippen molar-refractivity contribution in [3.63, 3.8) is 0 Å². The van der Waals surface area contributed by atoms with Crippen LogP contribution in [0.15, 0.2) is 35.5 Å². The lowest BCUT2D eigenvalue weighted by atomic mass is 10.3. The molecule has 1 aromatic heterocycles. The molecule has 0 bridgehead atoms. The number of hydrogen-bond donors (Lipinski definition) is 1. The lowest BCUT2D eigenvalue weighted by molar-refractivity contribution is -0.115. The maximum Gasteiger partial charge on any atom is 0.225 e. The van der Waals surface area contributed by atoms with Gasteiger partial charge in [0.1, 0.15) is 0 Å². The summed E-state index contributed by atoms with van der Waals surface area (Å²) in [6.07, 6.45) is 5.22. The first-order chi connectivity index (χ1) is 10.8. The molecule has 0 spiro atoms. The predicted molar refractivity (Wildman–Crippen MR) is 85.7 cm³/mol. The van der Waals surface area contributed by atoms with E-state index < -0.39 is 0 Å². The third-order valence-electron chi connectivity index (χ3n) is 3.75. The molecular weight excluding hydrogens is 298 g/mol. The van der Waals surface area contributed by atoms with Crippen LogP contribution in [-0.2, 0) is 4.79 Å². The van der Waals surface area contributed by atoms with Crippen molar-refractivity contribution in [1.82, 2.24) is 20.2 Å².